The first-order valence-electron chi connectivity index (χ1n) is 6.07. The molecule has 1 N–H and O–H groups in total. The van der Waals surface area contributed by atoms with Crippen LogP contribution in [-0.2, 0) is 6.42 Å². The van der Waals surface area contributed by atoms with Crippen molar-refractivity contribution in [1.29, 1.82) is 0 Å². The summed E-state index contributed by atoms with van der Waals surface area (Å²) < 4.78 is 5.23. The van der Waals surface area contributed by atoms with Crippen molar-refractivity contribution in [2.75, 3.05) is 7.11 Å². The molecule has 0 atom stereocenters. The van der Waals surface area contributed by atoms with Gasteiger partial charge >= 0.3 is 5.97 Å². The number of carbonyl (C=O) groups is 1. The second-order valence-electron chi connectivity index (χ2n) is 4.40. The SMILES string of the molecule is COc1c(C(=O)O)ccc(Cc2ccccc2)c1C. The Morgan fingerprint density at radius 3 is 2.42 bits per heavy atom. The number of benzene rings is 2. The van der Waals surface area contributed by atoms with Crippen molar-refractivity contribution in [2.24, 2.45) is 0 Å². The third kappa shape index (κ3) is 2.76. The zero-order valence-electron chi connectivity index (χ0n) is 11.0. The molecule has 0 saturated carbocycles. The van der Waals surface area contributed by atoms with E-state index in [1.807, 2.05) is 31.2 Å². The predicted molar refractivity (Wildman–Crippen MR) is 73.9 cm³/mol. The summed E-state index contributed by atoms with van der Waals surface area (Å²) in [5, 5.41) is 9.12. The zero-order valence-corrected chi connectivity index (χ0v) is 11.0. The van der Waals surface area contributed by atoms with E-state index in [2.05, 4.69) is 12.1 Å². The largest absolute Gasteiger partial charge is 0.496 e. The van der Waals surface area contributed by atoms with Gasteiger partial charge in [0.15, 0.2) is 0 Å². The maximum Gasteiger partial charge on any atom is 0.339 e. The fourth-order valence-electron chi connectivity index (χ4n) is 2.17. The molecule has 0 unspecified atom stereocenters. The Labute approximate surface area is 112 Å². The third-order valence-corrected chi connectivity index (χ3v) is 3.19. The van der Waals surface area contributed by atoms with Crippen LogP contribution in [0.15, 0.2) is 42.5 Å². The van der Waals surface area contributed by atoms with Gasteiger partial charge in [-0.2, -0.15) is 0 Å². The van der Waals surface area contributed by atoms with Crippen molar-refractivity contribution in [3.05, 3.63) is 64.7 Å². The minimum atomic E-state index is -0.966. The molecule has 0 fully saturated rings. The molecular weight excluding hydrogens is 240 g/mol. The molecule has 0 heterocycles. The van der Waals surface area contributed by atoms with Crippen molar-refractivity contribution < 1.29 is 14.6 Å². The summed E-state index contributed by atoms with van der Waals surface area (Å²) in [6, 6.07) is 13.5. The molecule has 0 amide bonds. The van der Waals surface area contributed by atoms with Gasteiger partial charge < -0.3 is 9.84 Å². The lowest BCUT2D eigenvalue weighted by molar-refractivity contribution is 0.0693. The normalized spacial score (nSPS) is 10.2. The number of aromatic carboxylic acids is 1. The van der Waals surface area contributed by atoms with E-state index in [9.17, 15) is 4.79 Å². The molecule has 0 bridgehead atoms. The van der Waals surface area contributed by atoms with E-state index in [0.29, 0.717) is 5.75 Å². The second kappa shape index (κ2) is 5.57. The number of ether oxygens (including phenoxy) is 1. The van der Waals surface area contributed by atoms with Gasteiger partial charge in [0.05, 0.1) is 7.11 Å². The highest BCUT2D eigenvalue weighted by Crippen LogP contribution is 2.28. The van der Waals surface area contributed by atoms with Crippen molar-refractivity contribution in [1.82, 2.24) is 0 Å². The average molecular weight is 256 g/mol. The smallest absolute Gasteiger partial charge is 0.339 e. The molecule has 2 aromatic rings. The van der Waals surface area contributed by atoms with Gasteiger partial charge in [-0.3, -0.25) is 0 Å². The summed E-state index contributed by atoms with van der Waals surface area (Å²) in [4.78, 5) is 11.1. The van der Waals surface area contributed by atoms with Gasteiger partial charge in [0, 0.05) is 0 Å². The van der Waals surface area contributed by atoms with Crippen LogP contribution in [0.1, 0.15) is 27.0 Å². The monoisotopic (exact) mass is 256 g/mol. The second-order valence-corrected chi connectivity index (χ2v) is 4.40. The number of hydrogen-bond donors (Lipinski definition) is 1. The van der Waals surface area contributed by atoms with Gasteiger partial charge in [-0.15, -0.1) is 0 Å². The fourth-order valence-corrected chi connectivity index (χ4v) is 2.17. The Morgan fingerprint density at radius 2 is 1.84 bits per heavy atom. The van der Waals surface area contributed by atoms with Crippen LogP contribution < -0.4 is 4.74 Å². The molecule has 2 aromatic carbocycles. The molecular formula is C16H16O3. The van der Waals surface area contributed by atoms with E-state index in [0.717, 1.165) is 17.5 Å². The Balaban J connectivity index is 2.40. The minimum Gasteiger partial charge on any atom is -0.496 e. The molecule has 0 saturated heterocycles. The van der Waals surface area contributed by atoms with Gasteiger partial charge in [0.2, 0.25) is 0 Å². The first-order chi connectivity index (χ1) is 9.13. The minimum absolute atomic E-state index is 0.205. The molecule has 3 heteroatoms. The Hall–Kier alpha value is -2.29. The quantitative estimate of drug-likeness (QED) is 0.913. The van der Waals surface area contributed by atoms with Crippen LogP contribution in [-0.4, -0.2) is 18.2 Å². The van der Waals surface area contributed by atoms with E-state index in [1.54, 1.807) is 6.07 Å². The lowest BCUT2D eigenvalue weighted by atomic mass is 9.97. The third-order valence-electron chi connectivity index (χ3n) is 3.19. The van der Waals surface area contributed by atoms with E-state index in [1.165, 1.54) is 12.7 Å². The van der Waals surface area contributed by atoms with Crippen LogP contribution >= 0.6 is 0 Å². The van der Waals surface area contributed by atoms with Gasteiger partial charge in [0.1, 0.15) is 11.3 Å². The number of carboxylic acids is 1. The molecule has 0 spiro atoms. The van der Waals surface area contributed by atoms with E-state index >= 15 is 0 Å². The summed E-state index contributed by atoms with van der Waals surface area (Å²) in [6.45, 7) is 1.89. The molecule has 0 aliphatic carbocycles. The van der Waals surface area contributed by atoms with Gasteiger partial charge in [-0.05, 0) is 36.1 Å². The van der Waals surface area contributed by atoms with E-state index in [4.69, 9.17) is 9.84 Å². The average Bonchev–Trinajstić information content (AvgIpc) is 2.41. The van der Waals surface area contributed by atoms with Gasteiger partial charge in [-0.25, -0.2) is 4.79 Å². The van der Waals surface area contributed by atoms with E-state index in [-0.39, 0.29) is 5.56 Å². The van der Waals surface area contributed by atoms with Gasteiger partial charge in [-0.1, -0.05) is 36.4 Å². The maximum atomic E-state index is 11.1. The molecule has 0 aliphatic rings. The predicted octanol–water partition coefficient (Wildman–Crippen LogP) is 3.29. The van der Waals surface area contributed by atoms with Crippen molar-refractivity contribution in [2.45, 2.75) is 13.3 Å². The summed E-state index contributed by atoms with van der Waals surface area (Å²) >= 11 is 0. The highest BCUT2D eigenvalue weighted by molar-refractivity contribution is 5.91. The summed E-state index contributed by atoms with van der Waals surface area (Å²) in [7, 11) is 1.50. The zero-order chi connectivity index (χ0) is 13.8. The lowest BCUT2D eigenvalue weighted by Gasteiger charge is -2.13. The Morgan fingerprint density at radius 1 is 1.16 bits per heavy atom. The van der Waals surface area contributed by atoms with Crippen LogP contribution in [0.5, 0.6) is 5.75 Å². The Bertz CT molecular complexity index is 588. The van der Waals surface area contributed by atoms with Gasteiger partial charge in [0.25, 0.3) is 0 Å². The fraction of sp³-hybridized carbons (Fsp3) is 0.188. The first kappa shape index (κ1) is 13.1. The van der Waals surface area contributed by atoms with Crippen LogP contribution in [0.2, 0.25) is 0 Å². The van der Waals surface area contributed by atoms with Crippen molar-refractivity contribution in [3.8, 4) is 5.75 Å². The summed E-state index contributed by atoms with van der Waals surface area (Å²) in [5.74, 6) is -0.521. The summed E-state index contributed by atoms with van der Waals surface area (Å²) in [6.07, 6.45) is 0.767. The number of carboxylic acid groups (broad SMARTS) is 1. The summed E-state index contributed by atoms with van der Waals surface area (Å²) in [5.41, 5.74) is 3.35. The molecule has 0 aliphatic heterocycles. The molecule has 3 nitrogen and oxygen atoms in total. The standard InChI is InChI=1S/C16H16O3/c1-11-13(10-12-6-4-3-5-7-12)8-9-14(16(17)18)15(11)19-2/h3-9H,10H2,1-2H3,(H,17,18). The number of methoxy groups -OCH3 is 1. The molecule has 0 aromatic heterocycles. The topological polar surface area (TPSA) is 46.5 Å². The van der Waals surface area contributed by atoms with Crippen LogP contribution in [0, 0.1) is 6.92 Å². The van der Waals surface area contributed by atoms with Crippen molar-refractivity contribution >= 4 is 5.97 Å². The molecule has 19 heavy (non-hydrogen) atoms. The number of hydrogen-bond acceptors (Lipinski definition) is 2. The highest BCUT2D eigenvalue weighted by atomic mass is 16.5. The molecule has 0 radical (unpaired) electrons. The number of rotatable bonds is 4. The molecule has 2 rings (SSSR count). The Kier molecular flexibility index (Phi) is 3.85. The van der Waals surface area contributed by atoms with Crippen LogP contribution in [0.3, 0.4) is 0 Å². The van der Waals surface area contributed by atoms with Crippen molar-refractivity contribution in [3.63, 3.8) is 0 Å². The molecule has 98 valence electrons. The first-order valence-corrected chi connectivity index (χ1v) is 6.07. The van der Waals surface area contributed by atoms with E-state index < -0.39 is 5.97 Å². The maximum absolute atomic E-state index is 11.1. The lowest BCUT2D eigenvalue weighted by Crippen LogP contribution is -2.04. The van der Waals surface area contributed by atoms with Crippen LogP contribution in [0.25, 0.3) is 0 Å². The highest BCUT2D eigenvalue weighted by Gasteiger charge is 2.15. The van der Waals surface area contributed by atoms with Crippen LogP contribution in [0.4, 0.5) is 0 Å².